The van der Waals surface area contributed by atoms with Crippen LogP contribution in [0.3, 0.4) is 0 Å². The van der Waals surface area contributed by atoms with E-state index in [4.69, 9.17) is 8.83 Å². The summed E-state index contributed by atoms with van der Waals surface area (Å²) < 4.78 is 11.2. The van der Waals surface area contributed by atoms with Crippen LogP contribution in [0.5, 0.6) is 0 Å². The van der Waals surface area contributed by atoms with Crippen molar-refractivity contribution in [2.45, 2.75) is 52.0 Å². The molecule has 2 aromatic heterocycles. The molecule has 1 aromatic carbocycles. The largest absolute Gasteiger partial charge is 0.466 e. The maximum absolute atomic E-state index is 12.4. The first-order valence-corrected chi connectivity index (χ1v) is 9.37. The Morgan fingerprint density at radius 1 is 1.22 bits per heavy atom. The quantitative estimate of drug-likeness (QED) is 0.737. The molecule has 0 unspecified atom stereocenters. The van der Waals surface area contributed by atoms with Crippen LogP contribution in [-0.4, -0.2) is 16.1 Å². The SMILES string of the molecule is Cc1cc(-c2nnc(CCC(=O)N[C@H]3CCCc4ccccc43)o2)c(C)o1. The summed E-state index contributed by atoms with van der Waals surface area (Å²) in [4.78, 5) is 12.4. The van der Waals surface area contributed by atoms with E-state index in [2.05, 4.69) is 33.7 Å². The van der Waals surface area contributed by atoms with Crippen LogP contribution < -0.4 is 5.32 Å². The summed E-state index contributed by atoms with van der Waals surface area (Å²) in [6, 6.07) is 10.3. The number of fused-ring (bicyclic) bond motifs is 1. The van der Waals surface area contributed by atoms with Crippen LogP contribution in [0.2, 0.25) is 0 Å². The third-order valence-electron chi connectivity index (χ3n) is 5.01. The second kappa shape index (κ2) is 7.39. The molecule has 27 heavy (non-hydrogen) atoms. The number of hydrogen-bond acceptors (Lipinski definition) is 5. The second-order valence-corrected chi connectivity index (χ2v) is 7.04. The zero-order valence-corrected chi connectivity index (χ0v) is 15.6. The van der Waals surface area contributed by atoms with Crippen molar-refractivity contribution in [3.63, 3.8) is 0 Å². The summed E-state index contributed by atoms with van der Waals surface area (Å²) >= 11 is 0. The van der Waals surface area contributed by atoms with Crippen molar-refractivity contribution in [1.82, 2.24) is 15.5 Å². The summed E-state index contributed by atoms with van der Waals surface area (Å²) in [7, 11) is 0. The predicted octanol–water partition coefficient (Wildman–Crippen LogP) is 4.07. The van der Waals surface area contributed by atoms with Crippen LogP contribution in [0.25, 0.3) is 11.5 Å². The maximum atomic E-state index is 12.4. The molecule has 4 rings (SSSR count). The number of nitrogens with one attached hydrogen (secondary N) is 1. The van der Waals surface area contributed by atoms with Gasteiger partial charge in [0.2, 0.25) is 11.8 Å². The van der Waals surface area contributed by atoms with Gasteiger partial charge in [-0.25, -0.2) is 0 Å². The molecule has 6 heteroatoms. The fraction of sp³-hybridized carbons (Fsp3) is 0.381. The van der Waals surface area contributed by atoms with Gasteiger partial charge in [0.25, 0.3) is 5.89 Å². The van der Waals surface area contributed by atoms with Crippen molar-refractivity contribution >= 4 is 5.91 Å². The smallest absolute Gasteiger partial charge is 0.251 e. The Bertz CT molecular complexity index is 957. The minimum absolute atomic E-state index is 0.00629. The minimum Gasteiger partial charge on any atom is -0.466 e. The molecule has 0 bridgehead atoms. The van der Waals surface area contributed by atoms with Gasteiger partial charge in [-0.15, -0.1) is 10.2 Å². The maximum Gasteiger partial charge on any atom is 0.251 e. The van der Waals surface area contributed by atoms with Crippen LogP contribution in [0.4, 0.5) is 0 Å². The number of aromatic nitrogens is 2. The van der Waals surface area contributed by atoms with E-state index in [1.54, 1.807) is 0 Å². The van der Waals surface area contributed by atoms with Gasteiger partial charge in [0.05, 0.1) is 11.6 Å². The van der Waals surface area contributed by atoms with Crippen molar-refractivity contribution in [3.8, 4) is 11.5 Å². The van der Waals surface area contributed by atoms with Gasteiger partial charge in [0.15, 0.2) is 0 Å². The Morgan fingerprint density at radius 3 is 2.89 bits per heavy atom. The molecule has 6 nitrogen and oxygen atoms in total. The lowest BCUT2D eigenvalue weighted by molar-refractivity contribution is -0.122. The average molecular weight is 365 g/mol. The molecule has 0 radical (unpaired) electrons. The number of furan rings is 1. The first kappa shape index (κ1) is 17.5. The fourth-order valence-electron chi connectivity index (χ4n) is 3.70. The van der Waals surface area contributed by atoms with Crippen LogP contribution in [-0.2, 0) is 17.6 Å². The highest BCUT2D eigenvalue weighted by atomic mass is 16.4. The third kappa shape index (κ3) is 3.79. The molecular weight excluding hydrogens is 342 g/mol. The number of rotatable bonds is 5. The lowest BCUT2D eigenvalue weighted by atomic mass is 9.87. The van der Waals surface area contributed by atoms with Gasteiger partial charge in [-0.3, -0.25) is 4.79 Å². The molecule has 0 saturated heterocycles. The van der Waals surface area contributed by atoms with E-state index >= 15 is 0 Å². The van der Waals surface area contributed by atoms with Gasteiger partial charge in [-0.2, -0.15) is 0 Å². The van der Waals surface area contributed by atoms with E-state index in [9.17, 15) is 4.79 Å². The summed E-state index contributed by atoms with van der Waals surface area (Å²) in [6.45, 7) is 3.74. The van der Waals surface area contributed by atoms with E-state index in [-0.39, 0.29) is 11.9 Å². The minimum atomic E-state index is 0.00629. The van der Waals surface area contributed by atoms with E-state index in [0.717, 1.165) is 36.3 Å². The number of hydrogen-bond donors (Lipinski definition) is 1. The number of carbonyl (C=O) groups excluding carboxylic acids is 1. The second-order valence-electron chi connectivity index (χ2n) is 7.04. The Labute approximate surface area is 158 Å². The normalized spacial score (nSPS) is 16.1. The van der Waals surface area contributed by atoms with E-state index in [0.29, 0.717) is 24.6 Å². The van der Waals surface area contributed by atoms with E-state index in [1.807, 2.05) is 26.0 Å². The van der Waals surface area contributed by atoms with E-state index < -0.39 is 0 Å². The highest BCUT2D eigenvalue weighted by Gasteiger charge is 2.21. The molecule has 0 saturated carbocycles. The van der Waals surface area contributed by atoms with Crippen LogP contribution >= 0.6 is 0 Å². The van der Waals surface area contributed by atoms with Gasteiger partial charge >= 0.3 is 0 Å². The first-order valence-electron chi connectivity index (χ1n) is 9.37. The number of nitrogens with zero attached hydrogens (tertiary/aromatic N) is 2. The number of aryl methyl sites for hydroxylation is 4. The number of amides is 1. The molecule has 0 fully saturated rings. The molecule has 0 aliphatic heterocycles. The van der Waals surface area contributed by atoms with Crippen LogP contribution in [0.1, 0.15) is 53.8 Å². The van der Waals surface area contributed by atoms with Gasteiger partial charge in [0, 0.05) is 12.8 Å². The highest BCUT2D eigenvalue weighted by molar-refractivity contribution is 5.76. The summed E-state index contributed by atoms with van der Waals surface area (Å²) in [5.41, 5.74) is 3.37. The van der Waals surface area contributed by atoms with Gasteiger partial charge in [-0.1, -0.05) is 24.3 Å². The molecule has 140 valence electrons. The summed E-state index contributed by atoms with van der Waals surface area (Å²) in [6.07, 6.45) is 3.90. The van der Waals surface area contributed by atoms with Crippen LogP contribution in [0, 0.1) is 13.8 Å². The monoisotopic (exact) mass is 365 g/mol. The Kier molecular flexibility index (Phi) is 4.79. The molecule has 1 aliphatic rings. The molecule has 2 heterocycles. The Morgan fingerprint density at radius 2 is 2.07 bits per heavy atom. The molecule has 1 atom stereocenters. The van der Waals surface area contributed by atoms with Gasteiger partial charge in [0.1, 0.15) is 11.5 Å². The van der Waals surface area contributed by atoms with Crippen molar-refractivity contribution < 1.29 is 13.6 Å². The zero-order valence-electron chi connectivity index (χ0n) is 15.6. The lowest BCUT2D eigenvalue weighted by Crippen LogP contribution is -2.31. The molecule has 0 spiro atoms. The highest BCUT2D eigenvalue weighted by Crippen LogP contribution is 2.29. The van der Waals surface area contributed by atoms with Crippen molar-refractivity contribution in [3.05, 3.63) is 58.9 Å². The first-order chi connectivity index (χ1) is 13.1. The van der Waals surface area contributed by atoms with Crippen LogP contribution in [0.15, 0.2) is 39.2 Å². The molecular formula is C21H23N3O3. The molecule has 3 aromatic rings. The summed E-state index contributed by atoms with van der Waals surface area (Å²) in [5.74, 6) is 2.45. The Hall–Kier alpha value is -2.89. The fourth-order valence-corrected chi connectivity index (χ4v) is 3.70. The molecule has 1 amide bonds. The zero-order chi connectivity index (χ0) is 18.8. The molecule has 1 N–H and O–H groups in total. The van der Waals surface area contributed by atoms with Crippen molar-refractivity contribution in [2.75, 3.05) is 0 Å². The van der Waals surface area contributed by atoms with E-state index in [1.165, 1.54) is 11.1 Å². The standard InChI is InChI=1S/C21H23N3O3/c1-13-12-17(14(2)26-13)21-24-23-20(27-21)11-10-19(25)22-18-9-5-7-15-6-3-4-8-16(15)18/h3-4,6,8,12,18H,5,7,9-11H2,1-2H3,(H,22,25)/t18-/m0/s1. The lowest BCUT2D eigenvalue weighted by Gasteiger charge is -2.26. The third-order valence-corrected chi connectivity index (χ3v) is 5.01. The molecule has 1 aliphatic carbocycles. The number of carbonyl (C=O) groups is 1. The Balaban J connectivity index is 1.36. The van der Waals surface area contributed by atoms with Gasteiger partial charge < -0.3 is 14.2 Å². The topological polar surface area (TPSA) is 81.2 Å². The van der Waals surface area contributed by atoms with Crippen molar-refractivity contribution in [1.29, 1.82) is 0 Å². The summed E-state index contributed by atoms with van der Waals surface area (Å²) in [5, 5.41) is 11.3. The predicted molar refractivity (Wildman–Crippen MR) is 100 cm³/mol. The van der Waals surface area contributed by atoms with Gasteiger partial charge in [-0.05, 0) is 50.3 Å². The average Bonchev–Trinajstić information content (AvgIpc) is 3.26. The number of benzene rings is 1. The van der Waals surface area contributed by atoms with Crippen molar-refractivity contribution in [2.24, 2.45) is 0 Å².